The highest BCUT2D eigenvalue weighted by molar-refractivity contribution is 5.94. The molecule has 1 aromatic rings. The van der Waals surface area contributed by atoms with E-state index in [9.17, 15) is 4.79 Å². The molecule has 140 valence electrons. The van der Waals surface area contributed by atoms with E-state index in [1.807, 2.05) is 29.2 Å². The predicted octanol–water partition coefficient (Wildman–Crippen LogP) is 2.28. The van der Waals surface area contributed by atoms with Crippen molar-refractivity contribution in [2.75, 3.05) is 39.3 Å². The summed E-state index contributed by atoms with van der Waals surface area (Å²) in [5, 5.41) is 0. The second-order valence-corrected chi connectivity index (χ2v) is 6.81. The lowest BCUT2D eigenvalue weighted by atomic mass is 10.1. The number of ether oxygens (including phenoxy) is 1. The summed E-state index contributed by atoms with van der Waals surface area (Å²) in [6.07, 6.45) is 4.83. The van der Waals surface area contributed by atoms with Gasteiger partial charge in [-0.25, -0.2) is 0 Å². The van der Waals surface area contributed by atoms with Gasteiger partial charge in [0.05, 0.1) is 12.7 Å². The fourth-order valence-electron chi connectivity index (χ4n) is 3.55. The van der Waals surface area contributed by atoms with Gasteiger partial charge in [0.25, 0.3) is 5.91 Å². The highest BCUT2D eigenvalue weighted by atomic mass is 35.5. The quantitative estimate of drug-likeness (QED) is 0.838. The lowest BCUT2D eigenvalue weighted by Gasteiger charge is -2.32. The van der Waals surface area contributed by atoms with Crippen LogP contribution in [0.2, 0.25) is 0 Å². The first-order valence-corrected chi connectivity index (χ1v) is 9.18. The third kappa shape index (κ3) is 5.68. The van der Waals surface area contributed by atoms with Gasteiger partial charge in [-0.15, -0.1) is 12.4 Å². The van der Waals surface area contributed by atoms with Gasteiger partial charge in [0, 0.05) is 31.7 Å². The normalized spacial score (nSPS) is 19.0. The van der Waals surface area contributed by atoms with E-state index in [4.69, 9.17) is 10.5 Å². The van der Waals surface area contributed by atoms with Gasteiger partial charge >= 0.3 is 0 Å². The molecule has 2 aliphatic rings. The number of halogens is 1. The summed E-state index contributed by atoms with van der Waals surface area (Å²) in [7, 11) is 0. The standard InChI is InChI=1S/C19H29N3O2.ClH/c20-15-16-3-5-17(6-4-16)19(23)22-11-7-18(8-12-22)24-14-13-21-9-1-2-10-21;/h3-6,18H,1-2,7-15,20H2;1H. The van der Waals surface area contributed by atoms with Crippen LogP contribution in [-0.4, -0.2) is 61.1 Å². The van der Waals surface area contributed by atoms with Crippen LogP contribution >= 0.6 is 12.4 Å². The van der Waals surface area contributed by atoms with Crippen molar-refractivity contribution >= 4 is 18.3 Å². The van der Waals surface area contributed by atoms with E-state index in [1.54, 1.807) is 0 Å². The minimum Gasteiger partial charge on any atom is -0.377 e. The second-order valence-electron chi connectivity index (χ2n) is 6.81. The molecule has 0 bridgehead atoms. The molecule has 1 amide bonds. The van der Waals surface area contributed by atoms with Gasteiger partial charge in [-0.3, -0.25) is 4.79 Å². The molecule has 0 aliphatic carbocycles. The number of hydrogen-bond donors (Lipinski definition) is 1. The fraction of sp³-hybridized carbons (Fsp3) is 0.632. The maximum atomic E-state index is 12.5. The molecule has 2 fully saturated rings. The molecule has 6 heteroatoms. The van der Waals surface area contributed by atoms with E-state index in [2.05, 4.69) is 4.90 Å². The summed E-state index contributed by atoms with van der Waals surface area (Å²) < 4.78 is 6.02. The topological polar surface area (TPSA) is 58.8 Å². The molecule has 0 aromatic heterocycles. The van der Waals surface area contributed by atoms with Gasteiger partial charge in [0.2, 0.25) is 0 Å². The second kappa shape index (κ2) is 10.1. The average molecular weight is 368 g/mol. The number of nitrogens with zero attached hydrogens (tertiary/aromatic N) is 2. The Hall–Kier alpha value is -1.14. The van der Waals surface area contributed by atoms with Gasteiger partial charge in [-0.1, -0.05) is 12.1 Å². The number of carbonyl (C=O) groups excluding carboxylic acids is 1. The molecule has 3 rings (SSSR count). The van der Waals surface area contributed by atoms with E-state index in [0.717, 1.165) is 50.2 Å². The SMILES string of the molecule is Cl.NCc1ccc(C(=O)N2CCC(OCCN3CCCC3)CC2)cc1. The van der Waals surface area contributed by atoms with E-state index >= 15 is 0 Å². The summed E-state index contributed by atoms with van der Waals surface area (Å²) in [4.78, 5) is 17.0. The van der Waals surface area contributed by atoms with Crippen LogP contribution in [0.3, 0.4) is 0 Å². The van der Waals surface area contributed by atoms with Gasteiger partial charge in [0.15, 0.2) is 0 Å². The van der Waals surface area contributed by atoms with Gasteiger partial charge in [0.1, 0.15) is 0 Å². The number of hydrogen-bond acceptors (Lipinski definition) is 4. The Balaban J connectivity index is 0.00000225. The largest absolute Gasteiger partial charge is 0.377 e. The Bertz CT molecular complexity index is 524. The molecule has 2 saturated heterocycles. The molecule has 5 nitrogen and oxygen atoms in total. The Morgan fingerprint density at radius 3 is 2.32 bits per heavy atom. The minimum atomic E-state index is 0. The predicted molar refractivity (Wildman–Crippen MR) is 102 cm³/mol. The molecule has 1 aromatic carbocycles. The van der Waals surface area contributed by atoms with Crippen LogP contribution in [0.4, 0.5) is 0 Å². The fourth-order valence-corrected chi connectivity index (χ4v) is 3.55. The van der Waals surface area contributed by atoms with Crippen molar-refractivity contribution in [2.45, 2.75) is 38.3 Å². The zero-order chi connectivity index (χ0) is 16.8. The Labute approximate surface area is 156 Å². The van der Waals surface area contributed by atoms with Crippen LogP contribution in [0.5, 0.6) is 0 Å². The van der Waals surface area contributed by atoms with Crippen molar-refractivity contribution in [3.63, 3.8) is 0 Å². The first-order chi connectivity index (χ1) is 11.8. The summed E-state index contributed by atoms with van der Waals surface area (Å²) in [6, 6.07) is 7.62. The molecule has 0 saturated carbocycles. The molecular formula is C19H30ClN3O2. The highest BCUT2D eigenvalue weighted by Gasteiger charge is 2.24. The van der Waals surface area contributed by atoms with Crippen LogP contribution in [-0.2, 0) is 11.3 Å². The molecular weight excluding hydrogens is 338 g/mol. The number of piperidine rings is 1. The molecule has 2 aliphatic heterocycles. The van der Waals surface area contributed by atoms with Crippen LogP contribution in [0.25, 0.3) is 0 Å². The maximum Gasteiger partial charge on any atom is 0.253 e. The Kier molecular flexibility index (Phi) is 8.16. The summed E-state index contributed by atoms with van der Waals surface area (Å²) in [5.74, 6) is 0.120. The number of likely N-dealkylation sites (tertiary alicyclic amines) is 2. The number of carbonyl (C=O) groups is 1. The van der Waals surface area contributed by atoms with Crippen LogP contribution in [0.15, 0.2) is 24.3 Å². The summed E-state index contributed by atoms with van der Waals surface area (Å²) in [6.45, 7) is 6.39. The number of amides is 1. The zero-order valence-electron chi connectivity index (χ0n) is 14.9. The number of nitrogens with two attached hydrogens (primary N) is 1. The Morgan fingerprint density at radius 1 is 1.08 bits per heavy atom. The third-order valence-corrected chi connectivity index (χ3v) is 5.13. The third-order valence-electron chi connectivity index (χ3n) is 5.13. The van der Waals surface area contributed by atoms with E-state index in [-0.39, 0.29) is 18.3 Å². The lowest BCUT2D eigenvalue weighted by molar-refractivity contribution is 0.00208. The van der Waals surface area contributed by atoms with Crippen LogP contribution in [0, 0.1) is 0 Å². The smallest absolute Gasteiger partial charge is 0.253 e. The molecule has 2 N–H and O–H groups in total. The average Bonchev–Trinajstić information content (AvgIpc) is 3.15. The van der Waals surface area contributed by atoms with E-state index in [1.165, 1.54) is 25.9 Å². The molecule has 0 radical (unpaired) electrons. The Morgan fingerprint density at radius 2 is 1.72 bits per heavy atom. The van der Waals surface area contributed by atoms with Crippen molar-refractivity contribution < 1.29 is 9.53 Å². The van der Waals surface area contributed by atoms with E-state index in [0.29, 0.717) is 12.6 Å². The molecule has 0 atom stereocenters. The number of rotatable bonds is 6. The molecule has 0 unspecified atom stereocenters. The van der Waals surface area contributed by atoms with Crippen molar-refractivity contribution in [3.05, 3.63) is 35.4 Å². The van der Waals surface area contributed by atoms with Crippen molar-refractivity contribution in [1.82, 2.24) is 9.80 Å². The van der Waals surface area contributed by atoms with Crippen molar-refractivity contribution in [1.29, 1.82) is 0 Å². The lowest BCUT2D eigenvalue weighted by Crippen LogP contribution is -2.41. The van der Waals surface area contributed by atoms with Gasteiger partial charge in [-0.2, -0.15) is 0 Å². The van der Waals surface area contributed by atoms with Gasteiger partial charge in [-0.05, 0) is 56.5 Å². The minimum absolute atomic E-state index is 0. The highest BCUT2D eigenvalue weighted by Crippen LogP contribution is 2.17. The number of benzene rings is 1. The van der Waals surface area contributed by atoms with Gasteiger partial charge < -0.3 is 20.3 Å². The summed E-state index contributed by atoms with van der Waals surface area (Å²) >= 11 is 0. The maximum absolute atomic E-state index is 12.5. The van der Waals surface area contributed by atoms with Crippen molar-refractivity contribution in [3.8, 4) is 0 Å². The van der Waals surface area contributed by atoms with Crippen LogP contribution < -0.4 is 5.73 Å². The molecule has 2 heterocycles. The monoisotopic (exact) mass is 367 g/mol. The summed E-state index contributed by atoms with van der Waals surface area (Å²) in [5.41, 5.74) is 7.40. The van der Waals surface area contributed by atoms with Crippen molar-refractivity contribution in [2.24, 2.45) is 5.73 Å². The zero-order valence-corrected chi connectivity index (χ0v) is 15.7. The first-order valence-electron chi connectivity index (χ1n) is 9.18. The first kappa shape index (κ1) is 20.2. The molecule has 0 spiro atoms. The molecule has 25 heavy (non-hydrogen) atoms. The van der Waals surface area contributed by atoms with E-state index < -0.39 is 0 Å². The van der Waals surface area contributed by atoms with Crippen LogP contribution in [0.1, 0.15) is 41.6 Å².